The van der Waals surface area contributed by atoms with Crippen LogP contribution in [0.3, 0.4) is 0 Å². The summed E-state index contributed by atoms with van der Waals surface area (Å²) in [7, 11) is 0. The molecule has 0 spiro atoms. The highest BCUT2D eigenvalue weighted by Crippen LogP contribution is 2.32. The van der Waals surface area contributed by atoms with Crippen molar-refractivity contribution in [1.82, 2.24) is 0 Å². The number of carbonyl (C=O) groups is 2. The molecule has 0 aliphatic carbocycles. The van der Waals surface area contributed by atoms with Crippen molar-refractivity contribution < 1.29 is 18.7 Å². The number of nitrogens with zero attached hydrogens (tertiary/aromatic N) is 1. The van der Waals surface area contributed by atoms with Gasteiger partial charge < -0.3 is 9.64 Å². The maximum Gasteiger partial charge on any atom is 0.307 e. The van der Waals surface area contributed by atoms with Gasteiger partial charge in [0.1, 0.15) is 5.82 Å². The van der Waals surface area contributed by atoms with Crippen LogP contribution in [0.1, 0.15) is 25.8 Å². The molecule has 1 aliphatic heterocycles. The number of hydrogen-bond acceptors (Lipinski definition) is 4. The van der Waals surface area contributed by atoms with Crippen LogP contribution in [0.4, 0.5) is 10.1 Å². The summed E-state index contributed by atoms with van der Waals surface area (Å²) in [6.45, 7) is 3.60. The van der Waals surface area contributed by atoms with Crippen molar-refractivity contribution in [2.24, 2.45) is 0 Å². The summed E-state index contributed by atoms with van der Waals surface area (Å²) in [4.78, 5) is 27.5. The van der Waals surface area contributed by atoms with E-state index in [4.69, 9.17) is 4.74 Å². The number of thioether (sulfide) groups is 1. The van der Waals surface area contributed by atoms with Gasteiger partial charge in [0.2, 0.25) is 0 Å². The van der Waals surface area contributed by atoms with Gasteiger partial charge >= 0.3 is 5.97 Å². The van der Waals surface area contributed by atoms with Crippen LogP contribution < -0.4 is 4.90 Å². The van der Waals surface area contributed by atoms with Crippen LogP contribution in [0.25, 0.3) is 0 Å². The van der Waals surface area contributed by atoms with E-state index in [9.17, 15) is 14.0 Å². The molecule has 142 valence electrons. The van der Waals surface area contributed by atoms with Gasteiger partial charge in [-0.25, -0.2) is 4.39 Å². The molecule has 0 radical (unpaired) electrons. The molecule has 0 saturated heterocycles. The number of amides is 1. The number of anilines is 1. The van der Waals surface area contributed by atoms with Gasteiger partial charge in [-0.1, -0.05) is 18.2 Å². The van der Waals surface area contributed by atoms with Crippen LogP contribution in [0.5, 0.6) is 0 Å². The Balaban J connectivity index is 1.50. The number of fused-ring (bicyclic) bond motifs is 1. The Labute approximate surface area is 162 Å². The molecule has 2 aromatic carbocycles. The van der Waals surface area contributed by atoms with E-state index in [1.54, 1.807) is 24.0 Å². The zero-order valence-electron chi connectivity index (χ0n) is 15.4. The highest BCUT2D eigenvalue weighted by atomic mass is 32.2. The molecule has 0 N–H and O–H groups in total. The standard InChI is InChI=1S/C21H22FNO3S/c1-14-13-16-5-3-4-6-19(16)23(14)21(25)15(2)26-20(24)11-12-27-18-9-7-17(22)8-10-18/h3-10,14-15H,11-13H2,1-2H3/t14-,15+/m1/s1. The summed E-state index contributed by atoms with van der Waals surface area (Å²) < 4.78 is 18.2. The summed E-state index contributed by atoms with van der Waals surface area (Å²) in [6, 6.07) is 14.0. The van der Waals surface area contributed by atoms with Gasteiger partial charge in [-0.05, 0) is 56.2 Å². The molecule has 1 aliphatic rings. The van der Waals surface area contributed by atoms with Crippen molar-refractivity contribution in [2.75, 3.05) is 10.7 Å². The van der Waals surface area contributed by atoms with Crippen LogP contribution in [0.15, 0.2) is 53.4 Å². The Hall–Kier alpha value is -2.34. The summed E-state index contributed by atoms with van der Waals surface area (Å²) in [5.41, 5.74) is 2.03. The number of benzene rings is 2. The Bertz CT molecular complexity index is 824. The molecule has 0 unspecified atom stereocenters. The lowest BCUT2D eigenvalue weighted by atomic mass is 10.1. The van der Waals surface area contributed by atoms with E-state index in [2.05, 4.69) is 0 Å². The van der Waals surface area contributed by atoms with Gasteiger partial charge in [0.25, 0.3) is 5.91 Å². The second-order valence-corrected chi connectivity index (χ2v) is 7.74. The zero-order valence-corrected chi connectivity index (χ0v) is 16.2. The molecular weight excluding hydrogens is 365 g/mol. The smallest absolute Gasteiger partial charge is 0.307 e. The fourth-order valence-electron chi connectivity index (χ4n) is 3.19. The third-order valence-electron chi connectivity index (χ3n) is 4.49. The first-order chi connectivity index (χ1) is 13.0. The van der Waals surface area contributed by atoms with Crippen molar-refractivity contribution in [3.8, 4) is 0 Å². The van der Waals surface area contributed by atoms with Crippen molar-refractivity contribution in [3.05, 3.63) is 59.9 Å². The monoisotopic (exact) mass is 387 g/mol. The van der Waals surface area contributed by atoms with Crippen LogP contribution in [0, 0.1) is 5.82 Å². The summed E-state index contributed by atoms with van der Waals surface area (Å²) in [5.74, 6) is -0.393. The Kier molecular flexibility index (Phi) is 6.16. The minimum Gasteiger partial charge on any atom is -0.452 e. The van der Waals surface area contributed by atoms with Gasteiger partial charge in [0.15, 0.2) is 6.10 Å². The minimum absolute atomic E-state index is 0.0464. The molecule has 0 bridgehead atoms. The Morgan fingerprint density at radius 1 is 1.22 bits per heavy atom. The Morgan fingerprint density at radius 2 is 1.93 bits per heavy atom. The number of ether oxygens (including phenoxy) is 1. The van der Waals surface area contributed by atoms with Crippen LogP contribution in [-0.2, 0) is 20.7 Å². The molecule has 0 saturated carbocycles. The zero-order chi connectivity index (χ0) is 19.4. The van der Waals surface area contributed by atoms with E-state index in [0.717, 1.165) is 22.6 Å². The van der Waals surface area contributed by atoms with Gasteiger partial charge in [-0.2, -0.15) is 0 Å². The minimum atomic E-state index is -0.832. The molecular formula is C21H22FNO3S. The molecule has 0 aromatic heterocycles. The van der Waals surface area contributed by atoms with E-state index in [-0.39, 0.29) is 24.2 Å². The third kappa shape index (κ3) is 4.69. The average molecular weight is 387 g/mol. The largest absolute Gasteiger partial charge is 0.452 e. The number of esters is 1. The van der Waals surface area contributed by atoms with Crippen molar-refractivity contribution in [2.45, 2.75) is 43.7 Å². The molecule has 2 aromatic rings. The molecule has 0 fully saturated rings. The summed E-state index contributed by atoms with van der Waals surface area (Å²) in [6.07, 6.45) is 0.157. The predicted molar refractivity (Wildman–Crippen MR) is 104 cm³/mol. The van der Waals surface area contributed by atoms with Crippen molar-refractivity contribution in [3.63, 3.8) is 0 Å². The van der Waals surface area contributed by atoms with Crippen LogP contribution in [0.2, 0.25) is 0 Å². The second kappa shape index (κ2) is 8.57. The van der Waals surface area contributed by atoms with E-state index in [1.807, 2.05) is 31.2 Å². The molecule has 6 heteroatoms. The number of halogens is 1. The Morgan fingerprint density at radius 3 is 2.67 bits per heavy atom. The van der Waals surface area contributed by atoms with Crippen LogP contribution in [-0.4, -0.2) is 29.8 Å². The normalized spacial score (nSPS) is 16.7. The molecule has 27 heavy (non-hydrogen) atoms. The fourth-order valence-corrected chi connectivity index (χ4v) is 4.02. The maximum atomic E-state index is 12.9. The lowest BCUT2D eigenvalue weighted by Gasteiger charge is -2.25. The van der Waals surface area contributed by atoms with Gasteiger partial charge in [-0.3, -0.25) is 9.59 Å². The van der Waals surface area contributed by atoms with Gasteiger partial charge in [0.05, 0.1) is 6.42 Å². The topological polar surface area (TPSA) is 46.6 Å². The lowest BCUT2D eigenvalue weighted by Crippen LogP contribution is -2.43. The first-order valence-corrected chi connectivity index (χ1v) is 9.93. The third-order valence-corrected chi connectivity index (χ3v) is 5.50. The fraction of sp³-hybridized carbons (Fsp3) is 0.333. The first kappa shape index (κ1) is 19.4. The summed E-state index contributed by atoms with van der Waals surface area (Å²) >= 11 is 1.45. The van der Waals surface area contributed by atoms with E-state index < -0.39 is 12.1 Å². The van der Waals surface area contributed by atoms with E-state index in [0.29, 0.717) is 5.75 Å². The van der Waals surface area contributed by atoms with Crippen molar-refractivity contribution in [1.29, 1.82) is 0 Å². The van der Waals surface area contributed by atoms with Gasteiger partial charge in [0, 0.05) is 22.4 Å². The SMILES string of the molecule is C[C@H](OC(=O)CCSc1ccc(F)cc1)C(=O)N1c2ccccc2C[C@H]1C. The molecule has 3 rings (SSSR count). The number of hydrogen-bond donors (Lipinski definition) is 0. The highest BCUT2D eigenvalue weighted by molar-refractivity contribution is 7.99. The quantitative estimate of drug-likeness (QED) is 0.550. The van der Waals surface area contributed by atoms with E-state index >= 15 is 0 Å². The lowest BCUT2D eigenvalue weighted by molar-refractivity contribution is -0.153. The van der Waals surface area contributed by atoms with Gasteiger partial charge in [-0.15, -0.1) is 11.8 Å². The second-order valence-electron chi connectivity index (χ2n) is 6.57. The molecule has 2 atom stereocenters. The molecule has 1 heterocycles. The molecule has 4 nitrogen and oxygen atoms in total. The number of para-hydroxylation sites is 1. The number of carbonyl (C=O) groups excluding carboxylic acids is 2. The van der Waals surface area contributed by atoms with Crippen molar-refractivity contribution >= 4 is 29.3 Å². The van der Waals surface area contributed by atoms with Crippen LogP contribution >= 0.6 is 11.8 Å². The summed E-state index contributed by atoms with van der Waals surface area (Å²) in [5, 5.41) is 0. The number of rotatable bonds is 6. The predicted octanol–water partition coefficient (Wildman–Crippen LogP) is 4.22. The first-order valence-electron chi connectivity index (χ1n) is 8.94. The molecule has 1 amide bonds. The average Bonchev–Trinajstić information content (AvgIpc) is 2.98. The van der Waals surface area contributed by atoms with E-state index in [1.165, 1.54) is 23.9 Å². The highest BCUT2D eigenvalue weighted by Gasteiger charge is 2.34. The maximum absolute atomic E-state index is 12.9.